The number of aromatic amines is 1. The first-order valence-electron chi connectivity index (χ1n) is 9.26. The van der Waals surface area contributed by atoms with Crippen LogP contribution in [0.5, 0.6) is 0 Å². The third-order valence-electron chi connectivity index (χ3n) is 6.14. The monoisotopic (exact) mass is 392 g/mol. The van der Waals surface area contributed by atoms with Crippen LogP contribution in [0.15, 0.2) is 27.3 Å². The van der Waals surface area contributed by atoms with E-state index >= 15 is 4.39 Å². The highest BCUT2D eigenvalue weighted by Gasteiger charge is 2.51. The van der Waals surface area contributed by atoms with E-state index in [4.69, 9.17) is 5.73 Å². The smallest absolute Gasteiger partial charge is 0.329 e. The Kier molecular flexibility index (Phi) is 3.44. The number of fused-ring (bicyclic) bond motifs is 2. The molecular formula is C19H19F3N4O2. The van der Waals surface area contributed by atoms with E-state index in [1.807, 2.05) is 0 Å². The SMILES string of the molecule is Cc1c(N2CC3=CC(F)(F)C(N)C3C2)c(F)cc2c(=O)[nH]c(=O)n(C3CC3)c12. The van der Waals surface area contributed by atoms with Crippen LogP contribution in [0.25, 0.3) is 10.9 Å². The van der Waals surface area contributed by atoms with Crippen LogP contribution in [0.1, 0.15) is 24.4 Å². The highest BCUT2D eigenvalue weighted by molar-refractivity contribution is 5.87. The molecule has 2 aliphatic carbocycles. The molecule has 0 radical (unpaired) electrons. The van der Waals surface area contributed by atoms with Gasteiger partial charge < -0.3 is 10.6 Å². The molecule has 2 aromatic rings. The second-order valence-corrected chi connectivity index (χ2v) is 8.00. The van der Waals surface area contributed by atoms with Crippen molar-refractivity contribution in [1.29, 1.82) is 0 Å². The molecule has 1 aromatic heterocycles. The molecule has 1 aliphatic heterocycles. The van der Waals surface area contributed by atoms with E-state index in [1.54, 1.807) is 11.8 Å². The zero-order valence-electron chi connectivity index (χ0n) is 15.1. The minimum Gasteiger partial charge on any atom is -0.364 e. The molecular weight excluding hydrogens is 373 g/mol. The standard InChI is InChI=1S/C19H19F3N4O2/c1-8-14-11(17(27)24-18(28)26(14)10-2-3-10)4-13(20)15(8)25-6-9-5-19(21,22)16(23)12(9)7-25/h4-5,10,12,16H,2-3,6-7,23H2,1H3,(H,24,27,28). The normalized spacial score (nSPS) is 26.0. The van der Waals surface area contributed by atoms with E-state index < -0.39 is 34.9 Å². The predicted octanol–water partition coefficient (Wildman–Crippen LogP) is 1.81. The maximum absolute atomic E-state index is 15.0. The molecule has 0 bridgehead atoms. The molecule has 1 saturated heterocycles. The minimum absolute atomic E-state index is 0.0170. The Labute approximate surface area is 157 Å². The lowest BCUT2D eigenvalue weighted by atomic mass is 10.0. The zero-order valence-corrected chi connectivity index (χ0v) is 15.1. The summed E-state index contributed by atoms with van der Waals surface area (Å²) in [6.07, 6.45) is 2.52. The first kappa shape index (κ1) is 17.5. The van der Waals surface area contributed by atoms with Crippen molar-refractivity contribution in [3.8, 4) is 0 Å². The number of aromatic nitrogens is 2. The van der Waals surface area contributed by atoms with Crippen LogP contribution >= 0.6 is 0 Å². The number of hydrogen-bond acceptors (Lipinski definition) is 4. The summed E-state index contributed by atoms with van der Waals surface area (Å²) in [5, 5.41) is 0.118. The van der Waals surface area contributed by atoms with Crippen molar-refractivity contribution in [1.82, 2.24) is 9.55 Å². The molecule has 2 unspecified atom stereocenters. The Balaban J connectivity index is 1.69. The van der Waals surface area contributed by atoms with Crippen LogP contribution < -0.4 is 21.9 Å². The summed E-state index contributed by atoms with van der Waals surface area (Å²) in [6.45, 7) is 1.98. The number of H-pyrrole nitrogens is 1. The fourth-order valence-electron chi connectivity index (χ4n) is 4.67. The van der Waals surface area contributed by atoms with Crippen LogP contribution in [0.3, 0.4) is 0 Å². The van der Waals surface area contributed by atoms with Crippen LogP contribution in [-0.4, -0.2) is 34.6 Å². The molecule has 3 N–H and O–H groups in total. The topological polar surface area (TPSA) is 84.1 Å². The van der Waals surface area contributed by atoms with Crippen molar-refractivity contribution in [2.45, 2.75) is 37.8 Å². The van der Waals surface area contributed by atoms with E-state index in [-0.39, 0.29) is 30.2 Å². The first-order chi connectivity index (χ1) is 13.2. The fraction of sp³-hybridized carbons (Fsp3) is 0.474. The molecule has 28 heavy (non-hydrogen) atoms. The van der Waals surface area contributed by atoms with E-state index in [0.717, 1.165) is 25.0 Å². The number of halogens is 3. The highest BCUT2D eigenvalue weighted by atomic mass is 19.3. The van der Waals surface area contributed by atoms with Gasteiger partial charge in [-0.1, -0.05) is 0 Å². The van der Waals surface area contributed by atoms with Gasteiger partial charge in [0, 0.05) is 30.6 Å². The van der Waals surface area contributed by atoms with Crippen molar-refractivity contribution in [3.63, 3.8) is 0 Å². The van der Waals surface area contributed by atoms with E-state index in [9.17, 15) is 18.4 Å². The van der Waals surface area contributed by atoms with Crippen molar-refractivity contribution < 1.29 is 13.2 Å². The maximum atomic E-state index is 15.0. The van der Waals surface area contributed by atoms with Crippen molar-refractivity contribution in [2.75, 3.05) is 18.0 Å². The van der Waals surface area contributed by atoms with Gasteiger partial charge in [-0.25, -0.2) is 18.0 Å². The number of rotatable bonds is 2. The summed E-state index contributed by atoms with van der Waals surface area (Å²) in [5.74, 6) is -4.21. The van der Waals surface area contributed by atoms with Crippen molar-refractivity contribution in [3.05, 3.63) is 49.9 Å². The average molecular weight is 392 g/mol. The lowest BCUT2D eigenvalue weighted by Crippen LogP contribution is -2.43. The molecule has 1 aromatic carbocycles. The number of alkyl halides is 2. The third kappa shape index (κ3) is 2.32. The molecule has 2 heterocycles. The van der Waals surface area contributed by atoms with Gasteiger partial charge in [-0.15, -0.1) is 0 Å². The molecule has 2 fully saturated rings. The van der Waals surface area contributed by atoms with Gasteiger partial charge in [0.25, 0.3) is 11.5 Å². The summed E-state index contributed by atoms with van der Waals surface area (Å²) in [7, 11) is 0. The quantitative estimate of drug-likeness (QED) is 0.764. The summed E-state index contributed by atoms with van der Waals surface area (Å²) < 4.78 is 44.2. The molecule has 9 heteroatoms. The van der Waals surface area contributed by atoms with Gasteiger partial charge in [-0.3, -0.25) is 14.3 Å². The Morgan fingerprint density at radius 3 is 2.64 bits per heavy atom. The predicted molar refractivity (Wildman–Crippen MR) is 98.5 cm³/mol. The molecule has 1 saturated carbocycles. The molecule has 5 rings (SSSR count). The summed E-state index contributed by atoms with van der Waals surface area (Å²) >= 11 is 0. The molecule has 3 aliphatic rings. The zero-order chi connectivity index (χ0) is 20.0. The van der Waals surface area contributed by atoms with Gasteiger partial charge in [0.05, 0.1) is 22.6 Å². The second-order valence-electron chi connectivity index (χ2n) is 8.00. The number of nitrogens with two attached hydrogens (primary N) is 1. The Morgan fingerprint density at radius 1 is 1.29 bits per heavy atom. The Morgan fingerprint density at radius 2 is 2.00 bits per heavy atom. The Hall–Kier alpha value is -2.55. The van der Waals surface area contributed by atoms with E-state index in [2.05, 4.69) is 4.98 Å². The number of anilines is 1. The molecule has 0 spiro atoms. The largest absolute Gasteiger partial charge is 0.364 e. The molecule has 0 amide bonds. The lowest BCUT2D eigenvalue weighted by molar-refractivity contribution is 0.0262. The average Bonchev–Trinajstić information content (AvgIpc) is 3.32. The fourth-order valence-corrected chi connectivity index (χ4v) is 4.67. The molecule has 2 atom stereocenters. The van der Waals surface area contributed by atoms with E-state index in [1.165, 1.54) is 4.57 Å². The van der Waals surface area contributed by atoms with Gasteiger partial charge in [0.2, 0.25) is 0 Å². The summed E-state index contributed by atoms with van der Waals surface area (Å²) in [5.41, 5.74) is 6.17. The Bertz CT molecular complexity index is 1160. The summed E-state index contributed by atoms with van der Waals surface area (Å²) in [6, 6.07) is -0.216. The maximum Gasteiger partial charge on any atom is 0.329 e. The summed E-state index contributed by atoms with van der Waals surface area (Å²) in [4.78, 5) is 28.6. The van der Waals surface area contributed by atoms with E-state index in [0.29, 0.717) is 16.7 Å². The first-order valence-corrected chi connectivity index (χ1v) is 9.26. The highest BCUT2D eigenvalue weighted by Crippen LogP contribution is 2.44. The number of aryl methyl sites for hydroxylation is 1. The number of hydrogen-bond donors (Lipinski definition) is 2. The number of nitrogens with one attached hydrogen (secondary N) is 1. The van der Waals surface area contributed by atoms with Crippen LogP contribution in [0.4, 0.5) is 18.9 Å². The second kappa shape index (κ2) is 5.50. The minimum atomic E-state index is -3.05. The van der Waals surface area contributed by atoms with Gasteiger partial charge in [0.1, 0.15) is 5.82 Å². The van der Waals surface area contributed by atoms with Crippen molar-refractivity contribution in [2.24, 2.45) is 11.7 Å². The van der Waals surface area contributed by atoms with Gasteiger partial charge >= 0.3 is 5.69 Å². The van der Waals surface area contributed by atoms with Crippen LogP contribution in [0, 0.1) is 18.7 Å². The number of benzene rings is 1. The molecule has 148 valence electrons. The van der Waals surface area contributed by atoms with Gasteiger partial charge in [-0.2, -0.15) is 0 Å². The van der Waals surface area contributed by atoms with Gasteiger partial charge in [0.15, 0.2) is 0 Å². The number of nitrogens with zero attached hydrogens (tertiary/aromatic N) is 2. The van der Waals surface area contributed by atoms with Crippen LogP contribution in [-0.2, 0) is 0 Å². The van der Waals surface area contributed by atoms with Gasteiger partial charge in [-0.05, 0) is 37.5 Å². The van der Waals surface area contributed by atoms with Crippen LogP contribution in [0.2, 0.25) is 0 Å². The lowest BCUT2D eigenvalue weighted by Gasteiger charge is -2.26. The third-order valence-corrected chi connectivity index (χ3v) is 6.14. The molecule has 6 nitrogen and oxygen atoms in total. The van der Waals surface area contributed by atoms with Crippen molar-refractivity contribution >= 4 is 16.6 Å².